The lowest BCUT2D eigenvalue weighted by atomic mass is 10.1. The molecule has 3 atom stereocenters. The fourth-order valence-electron chi connectivity index (χ4n) is 3.53. The topological polar surface area (TPSA) is 92.8 Å². The van der Waals surface area contributed by atoms with E-state index in [4.69, 9.17) is 4.74 Å². The van der Waals surface area contributed by atoms with Gasteiger partial charge in [0, 0.05) is 19.6 Å². The molecule has 8 heteroatoms. The molecule has 0 spiro atoms. The first-order chi connectivity index (χ1) is 12.8. The highest BCUT2D eigenvalue weighted by Gasteiger charge is 2.50. The minimum absolute atomic E-state index is 0.0285. The molecule has 2 amide bonds. The lowest BCUT2D eigenvalue weighted by Gasteiger charge is -2.23. The number of carbonyl (C=O) groups excluding carboxylic acids is 2. The van der Waals surface area contributed by atoms with Crippen molar-refractivity contribution >= 4 is 21.7 Å². The van der Waals surface area contributed by atoms with Gasteiger partial charge < -0.3 is 15.0 Å². The van der Waals surface area contributed by atoms with E-state index >= 15 is 0 Å². The summed E-state index contributed by atoms with van der Waals surface area (Å²) >= 11 is 0. The quantitative estimate of drug-likeness (QED) is 0.732. The zero-order valence-electron chi connectivity index (χ0n) is 15.7. The third-order valence-electron chi connectivity index (χ3n) is 5.42. The van der Waals surface area contributed by atoms with Gasteiger partial charge in [0.15, 0.2) is 9.84 Å². The van der Waals surface area contributed by atoms with Crippen LogP contribution in [0.4, 0.5) is 0 Å². The average Bonchev–Trinajstić information content (AvgIpc) is 3.37. The minimum atomic E-state index is -3.03. The van der Waals surface area contributed by atoms with Crippen LogP contribution in [0.25, 0.3) is 0 Å². The number of methoxy groups -OCH3 is 1. The highest BCUT2D eigenvalue weighted by Crippen LogP contribution is 2.40. The van der Waals surface area contributed by atoms with Crippen LogP contribution in [-0.4, -0.2) is 63.4 Å². The van der Waals surface area contributed by atoms with Gasteiger partial charge in [-0.1, -0.05) is 12.1 Å². The predicted molar refractivity (Wildman–Crippen MR) is 101 cm³/mol. The number of benzene rings is 1. The number of nitrogens with one attached hydrogen (secondary N) is 1. The number of nitrogens with zero attached hydrogens (tertiary/aromatic N) is 1. The maximum Gasteiger partial charge on any atom is 0.226 e. The largest absolute Gasteiger partial charge is 0.497 e. The Morgan fingerprint density at radius 1 is 1.22 bits per heavy atom. The van der Waals surface area contributed by atoms with Crippen LogP contribution in [0.5, 0.6) is 5.75 Å². The Bertz CT molecular complexity index is 806. The Hall–Kier alpha value is -2.09. The van der Waals surface area contributed by atoms with Crippen molar-refractivity contribution in [2.75, 3.05) is 32.2 Å². The number of hydrogen-bond acceptors (Lipinski definition) is 5. The molecule has 148 valence electrons. The van der Waals surface area contributed by atoms with Crippen molar-refractivity contribution in [2.45, 2.75) is 25.3 Å². The van der Waals surface area contributed by atoms with Gasteiger partial charge in [-0.15, -0.1) is 0 Å². The van der Waals surface area contributed by atoms with Gasteiger partial charge in [0.1, 0.15) is 5.75 Å². The summed E-state index contributed by atoms with van der Waals surface area (Å²) in [6.45, 7) is 0.513. The minimum Gasteiger partial charge on any atom is -0.497 e. The van der Waals surface area contributed by atoms with Crippen LogP contribution in [-0.2, 0) is 25.8 Å². The molecule has 7 nitrogen and oxygen atoms in total. The molecule has 0 radical (unpaired) electrons. The van der Waals surface area contributed by atoms with E-state index < -0.39 is 9.84 Å². The summed E-state index contributed by atoms with van der Waals surface area (Å²) in [6, 6.07) is 7.41. The molecule has 1 heterocycles. The molecule has 1 N–H and O–H groups in total. The Balaban J connectivity index is 1.42. The Kier molecular flexibility index (Phi) is 5.74. The number of amides is 2. The van der Waals surface area contributed by atoms with Crippen molar-refractivity contribution in [3.63, 3.8) is 0 Å². The molecule has 3 unspecified atom stereocenters. The summed E-state index contributed by atoms with van der Waals surface area (Å²) in [5.41, 5.74) is 1.10. The Morgan fingerprint density at radius 2 is 1.93 bits per heavy atom. The summed E-state index contributed by atoms with van der Waals surface area (Å²) in [4.78, 5) is 26.3. The highest BCUT2D eigenvalue weighted by atomic mass is 32.2. The fraction of sp³-hybridized carbons (Fsp3) is 0.579. The van der Waals surface area contributed by atoms with E-state index in [1.165, 1.54) is 4.90 Å². The van der Waals surface area contributed by atoms with Crippen molar-refractivity contribution in [3.05, 3.63) is 29.8 Å². The first-order valence-electron chi connectivity index (χ1n) is 9.18. The van der Waals surface area contributed by atoms with Crippen LogP contribution in [0.2, 0.25) is 0 Å². The van der Waals surface area contributed by atoms with E-state index in [0.29, 0.717) is 25.8 Å². The molecule has 0 bridgehead atoms. The van der Waals surface area contributed by atoms with E-state index in [0.717, 1.165) is 11.3 Å². The Labute approximate surface area is 160 Å². The van der Waals surface area contributed by atoms with E-state index in [9.17, 15) is 18.0 Å². The van der Waals surface area contributed by atoms with Crippen molar-refractivity contribution in [1.29, 1.82) is 0 Å². The summed E-state index contributed by atoms with van der Waals surface area (Å²) in [6.07, 6.45) is 1.73. The van der Waals surface area contributed by atoms with Crippen LogP contribution in [0.1, 0.15) is 18.4 Å². The molecule has 1 saturated carbocycles. The number of rotatable bonds is 7. The first kappa shape index (κ1) is 19.7. The SMILES string of the molecule is COc1ccc(CCNC(=O)C2CC2C(=O)N(C)C2CCS(=O)(=O)C2)cc1. The second-order valence-electron chi connectivity index (χ2n) is 7.34. The van der Waals surface area contributed by atoms with Gasteiger partial charge in [0.2, 0.25) is 11.8 Å². The van der Waals surface area contributed by atoms with Crippen LogP contribution in [0.3, 0.4) is 0 Å². The van der Waals surface area contributed by atoms with Gasteiger partial charge in [-0.3, -0.25) is 9.59 Å². The normalized spacial score (nSPS) is 25.6. The summed E-state index contributed by atoms with van der Waals surface area (Å²) in [5, 5.41) is 2.89. The van der Waals surface area contributed by atoms with Crippen molar-refractivity contribution in [3.8, 4) is 5.75 Å². The molecule has 1 aromatic carbocycles. The molecule has 2 fully saturated rings. The second-order valence-corrected chi connectivity index (χ2v) is 9.57. The summed E-state index contributed by atoms with van der Waals surface area (Å²) < 4.78 is 28.3. The standard InChI is InChI=1S/C19H26N2O5S/c1-21(14-8-10-27(24,25)12-14)19(23)17-11-16(17)18(22)20-9-7-13-3-5-15(26-2)6-4-13/h3-6,14,16-17H,7-12H2,1-2H3,(H,20,22). The second kappa shape index (κ2) is 7.88. The molecule has 1 aliphatic carbocycles. The van der Waals surface area contributed by atoms with Crippen molar-refractivity contribution < 1.29 is 22.7 Å². The maximum atomic E-state index is 12.5. The average molecular weight is 394 g/mol. The number of ether oxygens (including phenoxy) is 1. The zero-order valence-corrected chi connectivity index (χ0v) is 16.5. The smallest absolute Gasteiger partial charge is 0.226 e. The Morgan fingerprint density at radius 3 is 2.52 bits per heavy atom. The van der Waals surface area contributed by atoms with Gasteiger partial charge in [0.25, 0.3) is 0 Å². The van der Waals surface area contributed by atoms with E-state index in [1.54, 1.807) is 14.2 Å². The van der Waals surface area contributed by atoms with Crippen LogP contribution in [0.15, 0.2) is 24.3 Å². The van der Waals surface area contributed by atoms with Crippen molar-refractivity contribution in [2.24, 2.45) is 11.8 Å². The monoisotopic (exact) mass is 394 g/mol. The van der Waals surface area contributed by atoms with Crippen LogP contribution in [0, 0.1) is 11.8 Å². The molecule has 2 aliphatic rings. The molecule has 3 rings (SSSR count). The molecular formula is C19H26N2O5S. The molecule has 27 heavy (non-hydrogen) atoms. The number of sulfone groups is 1. The van der Waals surface area contributed by atoms with E-state index in [1.807, 2.05) is 24.3 Å². The summed E-state index contributed by atoms with van der Waals surface area (Å²) in [5.74, 6) is 0.117. The predicted octanol–water partition coefficient (Wildman–Crippen LogP) is 0.636. The number of carbonyl (C=O) groups is 2. The number of hydrogen-bond donors (Lipinski definition) is 1. The third-order valence-corrected chi connectivity index (χ3v) is 7.17. The molecule has 1 aromatic rings. The van der Waals surface area contributed by atoms with Crippen LogP contribution >= 0.6 is 0 Å². The van der Waals surface area contributed by atoms with E-state index in [2.05, 4.69) is 5.32 Å². The van der Waals surface area contributed by atoms with Gasteiger partial charge in [-0.25, -0.2) is 8.42 Å². The lowest BCUT2D eigenvalue weighted by molar-refractivity contribution is -0.135. The molecular weight excluding hydrogens is 368 g/mol. The van der Waals surface area contributed by atoms with Crippen LogP contribution < -0.4 is 10.1 Å². The van der Waals surface area contributed by atoms with E-state index in [-0.39, 0.29) is 41.2 Å². The fourth-order valence-corrected chi connectivity index (χ4v) is 5.31. The highest BCUT2D eigenvalue weighted by molar-refractivity contribution is 7.91. The molecule has 1 saturated heterocycles. The molecule has 0 aromatic heterocycles. The zero-order chi connectivity index (χ0) is 19.6. The van der Waals surface area contributed by atoms with Gasteiger partial charge in [-0.05, 0) is 37.0 Å². The van der Waals surface area contributed by atoms with Gasteiger partial charge in [-0.2, -0.15) is 0 Å². The molecule has 1 aliphatic heterocycles. The van der Waals surface area contributed by atoms with Crippen molar-refractivity contribution in [1.82, 2.24) is 10.2 Å². The lowest BCUT2D eigenvalue weighted by Crippen LogP contribution is -2.39. The van der Waals surface area contributed by atoms with Gasteiger partial charge >= 0.3 is 0 Å². The first-order valence-corrected chi connectivity index (χ1v) is 11.0. The third kappa shape index (κ3) is 4.80. The maximum absolute atomic E-state index is 12.5. The van der Waals surface area contributed by atoms with Gasteiger partial charge in [0.05, 0.1) is 30.5 Å². The summed E-state index contributed by atoms with van der Waals surface area (Å²) in [7, 11) is 0.227.